The molecule has 2 fully saturated rings. The van der Waals surface area contributed by atoms with Gasteiger partial charge in [0.2, 0.25) is 0 Å². The highest BCUT2D eigenvalue weighted by Gasteiger charge is 2.50. The van der Waals surface area contributed by atoms with Gasteiger partial charge in [0.15, 0.2) is 0 Å². The highest BCUT2D eigenvalue weighted by Crippen LogP contribution is 2.42. The van der Waals surface area contributed by atoms with E-state index in [1.165, 1.54) is 7.11 Å². The minimum atomic E-state index is -0.485. The van der Waals surface area contributed by atoms with E-state index < -0.39 is 12.1 Å². The molecule has 3 atom stereocenters. The molecule has 5 nitrogen and oxygen atoms in total. The lowest BCUT2D eigenvalue weighted by Gasteiger charge is -2.25. The van der Waals surface area contributed by atoms with Gasteiger partial charge < -0.3 is 9.47 Å². The minimum absolute atomic E-state index is 0.219. The fourth-order valence-electron chi connectivity index (χ4n) is 3.72. The third-order valence-corrected chi connectivity index (χ3v) is 4.77. The Labute approximate surface area is 130 Å². The van der Waals surface area contributed by atoms with Gasteiger partial charge in [-0.25, -0.2) is 9.59 Å². The van der Waals surface area contributed by atoms with Crippen molar-refractivity contribution in [3.05, 3.63) is 35.9 Å². The highest BCUT2D eigenvalue weighted by molar-refractivity contribution is 5.82. The first kappa shape index (κ1) is 14.9. The molecule has 22 heavy (non-hydrogen) atoms. The molecule has 118 valence electrons. The van der Waals surface area contributed by atoms with E-state index in [0.717, 1.165) is 24.8 Å². The summed E-state index contributed by atoms with van der Waals surface area (Å²) in [6, 6.07) is 9.05. The van der Waals surface area contributed by atoms with E-state index in [0.29, 0.717) is 12.5 Å². The molecule has 1 amide bonds. The fraction of sp³-hybridized carbons (Fsp3) is 0.529. The zero-order valence-electron chi connectivity index (χ0n) is 12.7. The van der Waals surface area contributed by atoms with Crippen molar-refractivity contribution in [2.24, 2.45) is 11.8 Å². The third-order valence-electron chi connectivity index (χ3n) is 4.77. The number of rotatable bonds is 3. The van der Waals surface area contributed by atoms with Gasteiger partial charge in [-0.05, 0) is 30.2 Å². The lowest BCUT2D eigenvalue weighted by molar-refractivity contribution is -0.146. The summed E-state index contributed by atoms with van der Waals surface area (Å²) in [5.74, 6) is 0.288. The molecule has 1 aromatic rings. The van der Waals surface area contributed by atoms with Crippen molar-refractivity contribution in [1.29, 1.82) is 0 Å². The molecule has 1 aliphatic carbocycles. The molecular weight excluding hydrogens is 282 g/mol. The van der Waals surface area contributed by atoms with Crippen LogP contribution in [0, 0.1) is 11.8 Å². The fourth-order valence-corrected chi connectivity index (χ4v) is 3.72. The molecule has 2 aliphatic rings. The minimum Gasteiger partial charge on any atom is -0.467 e. The number of amides is 1. The van der Waals surface area contributed by atoms with Gasteiger partial charge in [0.05, 0.1) is 7.11 Å². The van der Waals surface area contributed by atoms with Gasteiger partial charge in [0.1, 0.15) is 12.6 Å². The molecule has 0 spiro atoms. The highest BCUT2D eigenvalue weighted by atomic mass is 16.6. The number of hydrogen-bond donors (Lipinski definition) is 0. The zero-order valence-corrected chi connectivity index (χ0v) is 12.7. The standard InChI is InChI=1S/C17H21NO4/c1-21-16(19)15-14-9-5-8-13(14)10-18(15)17(20)22-11-12-6-3-2-4-7-12/h2-4,6-7,13-15H,5,8-11H2,1H3/t13?,14-,15-/m0/s1. The van der Waals surface area contributed by atoms with E-state index in [4.69, 9.17) is 9.47 Å². The van der Waals surface area contributed by atoms with Crippen molar-refractivity contribution >= 4 is 12.1 Å². The van der Waals surface area contributed by atoms with E-state index in [-0.39, 0.29) is 18.5 Å². The molecule has 1 aromatic carbocycles. The van der Waals surface area contributed by atoms with Crippen molar-refractivity contribution in [2.75, 3.05) is 13.7 Å². The Morgan fingerprint density at radius 2 is 2.00 bits per heavy atom. The first-order chi connectivity index (χ1) is 10.7. The van der Waals surface area contributed by atoms with Crippen LogP contribution in [-0.4, -0.2) is 36.7 Å². The Hall–Kier alpha value is -2.04. The first-order valence-electron chi connectivity index (χ1n) is 7.76. The number of ether oxygens (including phenoxy) is 2. The number of carbonyl (C=O) groups is 2. The van der Waals surface area contributed by atoms with E-state index in [9.17, 15) is 9.59 Å². The zero-order chi connectivity index (χ0) is 15.5. The Morgan fingerprint density at radius 3 is 2.73 bits per heavy atom. The number of benzene rings is 1. The van der Waals surface area contributed by atoms with Crippen molar-refractivity contribution < 1.29 is 19.1 Å². The van der Waals surface area contributed by atoms with Crippen LogP contribution < -0.4 is 0 Å². The van der Waals surface area contributed by atoms with Crippen LogP contribution in [0.15, 0.2) is 30.3 Å². The van der Waals surface area contributed by atoms with E-state index in [2.05, 4.69) is 0 Å². The number of fused-ring (bicyclic) bond motifs is 1. The third kappa shape index (κ3) is 2.80. The summed E-state index contributed by atoms with van der Waals surface area (Å²) in [6.07, 6.45) is 2.75. The number of carbonyl (C=O) groups excluding carboxylic acids is 2. The van der Waals surface area contributed by atoms with Crippen LogP contribution in [-0.2, 0) is 20.9 Å². The first-order valence-corrected chi connectivity index (χ1v) is 7.76. The van der Waals surface area contributed by atoms with Gasteiger partial charge in [-0.3, -0.25) is 4.90 Å². The molecule has 5 heteroatoms. The van der Waals surface area contributed by atoms with Crippen LogP contribution in [0.5, 0.6) is 0 Å². The smallest absolute Gasteiger partial charge is 0.410 e. The maximum absolute atomic E-state index is 12.4. The van der Waals surface area contributed by atoms with Crippen LogP contribution in [0.25, 0.3) is 0 Å². The monoisotopic (exact) mass is 303 g/mol. The maximum atomic E-state index is 12.4. The number of methoxy groups -OCH3 is 1. The maximum Gasteiger partial charge on any atom is 0.410 e. The van der Waals surface area contributed by atoms with Gasteiger partial charge in [-0.2, -0.15) is 0 Å². The van der Waals surface area contributed by atoms with Crippen molar-refractivity contribution in [1.82, 2.24) is 4.90 Å². The Balaban J connectivity index is 1.66. The second-order valence-electron chi connectivity index (χ2n) is 6.02. The van der Waals surface area contributed by atoms with Crippen molar-refractivity contribution in [3.63, 3.8) is 0 Å². The topological polar surface area (TPSA) is 55.8 Å². The predicted molar refractivity (Wildman–Crippen MR) is 80.0 cm³/mol. The largest absolute Gasteiger partial charge is 0.467 e. The summed E-state index contributed by atoms with van der Waals surface area (Å²) in [5, 5.41) is 0. The van der Waals surface area contributed by atoms with Crippen LogP contribution in [0.4, 0.5) is 4.79 Å². The summed E-state index contributed by atoms with van der Waals surface area (Å²) in [5.41, 5.74) is 0.935. The summed E-state index contributed by atoms with van der Waals surface area (Å²) < 4.78 is 10.3. The Bertz CT molecular complexity index is 545. The summed E-state index contributed by atoms with van der Waals surface area (Å²) in [7, 11) is 1.37. The molecule has 1 saturated heterocycles. The Kier molecular flexibility index (Phi) is 4.32. The normalized spacial score (nSPS) is 26.6. The quantitative estimate of drug-likeness (QED) is 0.805. The van der Waals surface area contributed by atoms with Gasteiger partial charge >= 0.3 is 12.1 Å². The van der Waals surface area contributed by atoms with Crippen molar-refractivity contribution in [2.45, 2.75) is 31.9 Å². The molecule has 1 aliphatic heterocycles. The van der Waals surface area contributed by atoms with E-state index >= 15 is 0 Å². The number of esters is 1. The van der Waals surface area contributed by atoms with Crippen LogP contribution in [0.3, 0.4) is 0 Å². The lowest BCUT2D eigenvalue weighted by atomic mass is 9.94. The molecule has 0 N–H and O–H groups in total. The van der Waals surface area contributed by atoms with Gasteiger partial charge in [0, 0.05) is 6.54 Å². The van der Waals surface area contributed by atoms with Gasteiger partial charge in [-0.1, -0.05) is 36.8 Å². The summed E-state index contributed by atoms with van der Waals surface area (Å²) >= 11 is 0. The molecule has 0 bridgehead atoms. The van der Waals surface area contributed by atoms with Gasteiger partial charge in [-0.15, -0.1) is 0 Å². The van der Waals surface area contributed by atoms with E-state index in [1.54, 1.807) is 4.90 Å². The SMILES string of the molecule is COC(=O)[C@@H]1[C@H]2CCCC2CN1C(=O)OCc1ccccc1. The van der Waals surface area contributed by atoms with E-state index in [1.807, 2.05) is 30.3 Å². The van der Waals surface area contributed by atoms with Crippen LogP contribution in [0.2, 0.25) is 0 Å². The lowest BCUT2D eigenvalue weighted by Crippen LogP contribution is -2.44. The molecule has 0 radical (unpaired) electrons. The number of nitrogens with zero attached hydrogens (tertiary/aromatic N) is 1. The number of likely N-dealkylation sites (tertiary alicyclic amines) is 1. The van der Waals surface area contributed by atoms with Crippen molar-refractivity contribution in [3.8, 4) is 0 Å². The van der Waals surface area contributed by atoms with Crippen LogP contribution >= 0.6 is 0 Å². The van der Waals surface area contributed by atoms with Crippen LogP contribution in [0.1, 0.15) is 24.8 Å². The second kappa shape index (κ2) is 6.38. The number of hydrogen-bond acceptors (Lipinski definition) is 4. The summed E-state index contributed by atoms with van der Waals surface area (Å²) in [4.78, 5) is 26.0. The molecule has 1 unspecified atom stereocenters. The predicted octanol–water partition coefficient (Wildman–Crippen LogP) is 2.60. The molecule has 1 heterocycles. The summed E-state index contributed by atoms with van der Waals surface area (Å²) in [6.45, 7) is 0.817. The molecular formula is C17H21NO4. The van der Waals surface area contributed by atoms with Gasteiger partial charge in [0.25, 0.3) is 0 Å². The molecule has 1 saturated carbocycles. The average Bonchev–Trinajstić information content (AvgIpc) is 3.13. The average molecular weight is 303 g/mol. The second-order valence-corrected chi connectivity index (χ2v) is 6.02. The Morgan fingerprint density at radius 1 is 1.23 bits per heavy atom. The molecule has 0 aromatic heterocycles. The molecule has 3 rings (SSSR count).